The Morgan fingerprint density at radius 3 is 2.67 bits per heavy atom. The van der Waals surface area contributed by atoms with Crippen LogP contribution in [0.4, 0.5) is 0 Å². The molecule has 1 aromatic heterocycles. The van der Waals surface area contributed by atoms with Crippen LogP contribution in [0.3, 0.4) is 0 Å². The largest absolute Gasteiger partial charge is 0.475 e. The van der Waals surface area contributed by atoms with Crippen LogP contribution in [0.1, 0.15) is 5.69 Å². The number of aliphatic hydroxyl groups excluding tert-OH is 1. The van der Waals surface area contributed by atoms with E-state index in [1.165, 1.54) is 10.8 Å². The van der Waals surface area contributed by atoms with E-state index in [2.05, 4.69) is 40.7 Å². The standard InChI is InChI=1S/C18H21N3O2.ClH/c1-14-12-18(23-11-9-19-8-10-22)20-21(14)17-7-6-15-4-2-3-5-16(15)13-17;/h2-7,12-13,19,22H,8-11H2,1H3;1H. The molecule has 0 aliphatic rings. The van der Waals surface area contributed by atoms with Crippen LogP contribution in [0.25, 0.3) is 16.5 Å². The zero-order chi connectivity index (χ0) is 16.1. The fourth-order valence-electron chi connectivity index (χ4n) is 2.52. The van der Waals surface area contributed by atoms with E-state index in [0.29, 0.717) is 25.6 Å². The second-order valence-electron chi connectivity index (χ2n) is 5.39. The molecule has 0 bridgehead atoms. The van der Waals surface area contributed by atoms with Gasteiger partial charge in [0.1, 0.15) is 6.61 Å². The van der Waals surface area contributed by atoms with E-state index in [1.807, 2.05) is 29.8 Å². The van der Waals surface area contributed by atoms with Crippen LogP contribution in [0.5, 0.6) is 5.88 Å². The average molecular weight is 348 g/mol. The van der Waals surface area contributed by atoms with Gasteiger partial charge in [-0.15, -0.1) is 17.5 Å². The Bertz CT molecular complexity index is 789. The lowest BCUT2D eigenvalue weighted by molar-refractivity contribution is 0.271. The highest BCUT2D eigenvalue weighted by Crippen LogP contribution is 2.21. The van der Waals surface area contributed by atoms with Crippen LogP contribution >= 0.6 is 12.4 Å². The summed E-state index contributed by atoms with van der Waals surface area (Å²) in [4.78, 5) is 0. The minimum atomic E-state index is 0. The molecule has 1 heterocycles. The van der Waals surface area contributed by atoms with Crippen molar-refractivity contribution in [3.63, 3.8) is 0 Å². The smallest absolute Gasteiger partial charge is 0.233 e. The van der Waals surface area contributed by atoms with Gasteiger partial charge in [-0.3, -0.25) is 0 Å². The Morgan fingerprint density at radius 2 is 1.88 bits per heavy atom. The Balaban J connectivity index is 0.00000208. The number of hydrogen-bond donors (Lipinski definition) is 2. The summed E-state index contributed by atoms with van der Waals surface area (Å²) in [6.45, 7) is 3.93. The van der Waals surface area contributed by atoms with Crippen molar-refractivity contribution in [2.75, 3.05) is 26.3 Å². The van der Waals surface area contributed by atoms with Crippen molar-refractivity contribution in [2.24, 2.45) is 0 Å². The topological polar surface area (TPSA) is 59.3 Å². The fraction of sp³-hybridized carbons (Fsp3) is 0.278. The molecule has 3 rings (SSSR count). The van der Waals surface area contributed by atoms with Gasteiger partial charge in [-0.05, 0) is 29.8 Å². The van der Waals surface area contributed by atoms with Gasteiger partial charge in [0.05, 0.1) is 12.3 Å². The SMILES string of the molecule is Cc1cc(OCCNCCO)nn1-c1ccc2ccccc2c1.Cl. The van der Waals surface area contributed by atoms with Crippen molar-refractivity contribution >= 4 is 23.2 Å². The van der Waals surface area contributed by atoms with E-state index in [9.17, 15) is 0 Å². The van der Waals surface area contributed by atoms with E-state index in [1.54, 1.807) is 0 Å². The van der Waals surface area contributed by atoms with Gasteiger partial charge in [-0.25, -0.2) is 4.68 Å². The molecule has 0 amide bonds. The third-order valence-electron chi connectivity index (χ3n) is 3.66. The summed E-state index contributed by atoms with van der Waals surface area (Å²) in [6, 6.07) is 16.5. The number of fused-ring (bicyclic) bond motifs is 1. The second kappa shape index (κ2) is 8.68. The minimum Gasteiger partial charge on any atom is -0.475 e. The lowest BCUT2D eigenvalue weighted by Gasteiger charge is -2.06. The summed E-state index contributed by atoms with van der Waals surface area (Å²) in [7, 11) is 0. The van der Waals surface area contributed by atoms with Crippen molar-refractivity contribution in [2.45, 2.75) is 6.92 Å². The van der Waals surface area contributed by atoms with Crippen molar-refractivity contribution in [3.8, 4) is 11.6 Å². The van der Waals surface area contributed by atoms with Gasteiger partial charge >= 0.3 is 0 Å². The maximum Gasteiger partial charge on any atom is 0.233 e. The summed E-state index contributed by atoms with van der Waals surface area (Å²) in [5.74, 6) is 0.612. The van der Waals surface area contributed by atoms with Crippen molar-refractivity contribution in [3.05, 3.63) is 54.2 Å². The van der Waals surface area contributed by atoms with Gasteiger partial charge < -0.3 is 15.2 Å². The molecular weight excluding hydrogens is 326 g/mol. The normalized spacial score (nSPS) is 10.6. The summed E-state index contributed by atoms with van der Waals surface area (Å²) < 4.78 is 7.54. The number of hydrogen-bond acceptors (Lipinski definition) is 4. The Labute approximate surface area is 147 Å². The first-order valence-electron chi connectivity index (χ1n) is 7.78. The highest BCUT2D eigenvalue weighted by Gasteiger charge is 2.07. The van der Waals surface area contributed by atoms with Crippen molar-refractivity contribution in [1.29, 1.82) is 0 Å². The molecule has 6 heteroatoms. The Hall–Kier alpha value is -2.08. The van der Waals surface area contributed by atoms with E-state index < -0.39 is 0 Å². The first-order valence-corrected chi connectivity index (χ1v) is 7.78. The highest BCUT2D eigenvalue weighted by atomic mass is 35.5. The third kappa shape index (κ3) is 4.26. The van der Waals surface area contributed by atoms with E-state index in [0.717, 1.165) is 11.4 Å². The molecule has 0 aliphatic heterocycles. The summed E-state index contributed by atoms with van der Waals surface area (Å²) >= 11 is 0. The molecule has 0 saturated heterocycles. The number of nitrogens with zero attached hydrogens (tertiary/aromatic N) is 2. The minimum absolute atomic E-state index is 0. The second-order valence-corrected chi connectivity index (χ2v) is 5.39. The third-order valence-corrected chi connectivity index (χ3v) is 3.66. The number of halogens is 1. The van der Waals surface area contributed by atoms with Crippen molar-refractivity contribution in [1.82, 2.24) is 15.1 Å². The average Bonchev–Trinajstić information content (AvgIpc) is 2.95. The molecule has 0 unspecified atom stereocenters. The predicted octanol–water partition coefficient (Wildman–Crippen LogP) is 2.72. The van der Waals surface area contributed by atoms with Crippen molar-refractivity contribution < 1.29 is 9.84 Å². The number of ether oxygens (including phenoxy) is 1. The lowest BCUT2D eigenvalue weighted by atomic mass is 10.1. The van der Waals surface area contributed by atoms with E-state index in [-0.39, 0.29) is 19.0 Å². The van der Waals surface area contributed by atoms with Crippen LogP contribution in [0.15, 0.2) is 48.5 Å². The number of rotatable bonds is 7. The number of aromatic nitrogens is 2. The molecule has 24 heavy (non-hydrogen) atoms. The van der Waals surface area contributed by atoms with E-state index >= 15 is 0 Å². The number of aliphatic hydroxyl groups is 1. The quantitative estimate of drug-likeness (QED) is 0.645. The Morgan fingerprint density at radius 1 is 1.08 bits per heavy atom. The molecule has 3 aromatic rings. The molecule has 5 nitrogen and oxygen atoms in total. The molecule has 2 aromatic carbocycles. The molecule has 128 valence electrons. The first kappa shape index (κ1) is 18.3. The fourth-order valence-corrected chi connectivity index (χ4v) is 2.52. The summed E-state index contributed by atoms with van der Waals surface area (Å²) in [5.41, 5.74) is 2.05. The first-order chi connectivity index (χ1) is 11.3. The Kier molecular flexibility index (Phi) is 6.61. The number of nitrogens with one attached hydrogen (secondary N) is 1. The van der Waals surface area contributed by atoms with Gasteiger partial charge in [-0.1, -0.05) is 30.3 Å². The molecule has 0 spiro atoms. The number of aryl methyl sites for hydroxylation is 1. The van der Waals surface area contributed by atoms with Gasteiger partial charge in [0.25, 0.3) is 0 Å². The van der Waals surface area contributed by atoms with Gasteiger partial charge in [0.15, 0.2) is 0 Å². The molecular formula is C18H22ClN3O2. The van der Waals surface area contributed by atoms with Crippen LogP contribution in [0.2, 0.25) is 0 Å². The van der Waals surface area contributed by atoms with Crippen LogP contribution in [-0.4, -0.2) is 41.2 Å². The summed E-state index contributed by atoms with van der Waals surface area (Å²) in [5, 5.41) is 18.7. The molecule has 2 N–H and O–H groups in total. The molecule has 0 atom stereocenters. The van der Waals surface area contributed by atoms with Gasteiger partial charge in [-0.2, -0.15) is 0 Å². The monoisotopic (exact) mass is 347 g/mol. The molecule has 0 saturated carbocycles. The van der Waals surface area contributed by atoms with E-state index in [4.69, 9.17) is 9.84 Å². The summed E-state index contributed by atoms with van der Waals surface area (Å²) in [6.07, 6.45) is 0. The maximum absolute atomic E-state index is 8.70. The highest BCUT2D eigenvalue weighted by molar-refractivity contribution is 5.85. The lowest BCUT2D eigenvalue weighted by Crippen LogP contribution is -2.24. The van der Waals surface area contributed by atoms with Crippen LogP contribution in [0, 0.1) is 6.92 Å². The van der Waals surface area contributed by atoms with Gasteiger partial charge in [0, 0.05) is 24.8 Å². The molecule has 0 radical (unpaired) electrons. The maximum atomic E-state index is 8.70. The molecule has 0 fully saturated rings. The van der Waals surface area contributed by atoms with Gasteiger partial charge in [0.2, 0.25) is 5.88 Å². The van der Waals surface area contributed by atoms with Crippen LogP contribution < -0.4 is 10.1 Å². The molecule has 0 aliphatic carbocycles. The van der Waals surface area contributed by atoms with Crippen LogP contribution in [-0.2, 0) is 0 Å². The number of benzene rings is 2. The zero-order valence-electron chi connectivity index (χ0n) is 13.6. The predicted molar refractivity (Wildman–Crippen MR) is 98.5 cm³/mol. The zero-order valence-corrected chi connectivity index (χ0v) is 14.4.